The highest BCUT2D eigenvalue weighted by atomic mass is 16.4. The maximum atomic E-state index is 11.1. The molecule has 1 aliphatic rings. The van der Waals surface area contributed by atoms with E-state index in [4.69, 9.17) is 5.11 Å². The Balaban J connectivity index is 2.28. The van der Waals surface area contributed by atoms with Gasteiger partial charge in [-0.2, -0.15) is 0 Å². The highest BCUT2D eigenvalue weighted by Crippen LogP contribution is 2.26. The Morgan fingerprint density at radius 3 is 3.00 bits per heavy atom. The fourth-order valence-corrected chi connectivity index (χ4v) is 1.68. The van der Waals surface area contributed by atoms with Gasteiger partial charge in [0.2, 0.25) is 5.91 Å². The molecule has 6 nitrogen and oxygen atoms in total. The zero-order chi connectivity index (χ0) is 10.8. The Morgan fingerprint density at radius 2 is 2.40 bits per heavy atom. The van der Waals surface area contributed by atoms with Crippen molar-refractivity contribution in [2.24, 2.45) is 0 Å². The number of carbonyl (C=O) groups is 2. The largest absolute Gasteiger partial charge is 0.480 e. The molecule has 1 aromatic heterocycles. The van der Waals surface area contributed by atoms with Crippen LogP contribution in [0, 0.1) is 0 Å². The molecular weight excluding hydrogens is 198 g/mol. The molecule has 2 N–H and O–H groups in total. The van der Waals surface area contributed by atoms with Crippen LogP contribution in [-0.2, 0) is 9.59 Å². The van der Waals surface area contributed by atoms with E-state index in [1.54, 1.807) is 6.07 Å². The van der Waals surface area contributed by atoms with Crippen molar-refractivity contribution in [2.45, 2.75) is 18.4 Å². The molecule has 1 saturated heterocycles. The van der Waals surface area contributed by atoms with Crippen LogP contribution < -0.4 is 5.32 Å². The third-order valence-corrected chi connectivity index (χ3v) is 2.37. The minimum Gasteiger partial charge on any atom is -0.480 e. The summed E-state index contributed by atoms with van der Waals surface area (Å²) in [6.07, 6.45) is 3.04. The molecule has 0 aliphatic carbocycles. The molecule has 0 bridgehead atoms. The van der Waals surface area contributed by atoms with Crippen molar-refractivity contribution in [1.29, 1.82) is 0 Å². The lowest BCUT2D eigenvalue weighted by atomic mass is 9.97. The van der Waals surface area contributed by atoms with Crippen molar-refractivity contribution >= 4 is 11.9 Å². The summed E-state index contributed by atoms with van der Waals surface area (Å²) in [5.74, 6) is -1.70. The number of carbonyl (C=O) groups excluding carboxylic acids is 1. The number of hydrogen-bond donors (Lipinski definition) is 2. The highest BCUT2D eigenvalue weighted by molar-refractivity contribution is 5.89. The number of carboxylic acids is 1. The van der Waals surface area contributed by atoms with E-state index in [9.17, 15) is 9.59 Å². The molecule has 1 fully saturated rings. The Labute approximate surface area is 85.4 Å². The predicted molar refractivity (Wildman–Crippen MR) is 49.0 cm³/mol. The summed E-state index contributed by atoms with van der Waals surface area (Å²) in [5.41, 5.74) is 0.579. The minimum atomic E-state index is -1.04. The van der Waals surface area contributed by atoms with Crippen LogP contribution in [0.25, 0.3) is 0 Å². The summed E-state index contributed by atoms with van der Waals surface area (Å²) in [4.78, 5) is 29.7. The van der Waals surface area contributed by atoms with Crippen LogP contribution in [0.2, 0.25) is 0 Å². The molecule has 2 unspecified atom stereocenters. The number of carboxylic acid groups (broad SMARTS) is 1. The van der Waals surface area contributed by atoms with Crippen molar-refractivity contribution in [3.05, 3.63) is 24.3 Å². The molecule has 1 aliphatic heterocycles. The molecule has 1 amide bonds. The standard InChI is InChI=1S/C9H9N3O3/c13-7-3-5(8(12-7)9(14)15)6-1-2-10-4-11-6/h1-2,4-5,8H,3H2,(H,12,13)(H,14,15). The van der Waals surface area contributed by atoms with E-state index in [1.165, 1.54) is 12.5 Å². The van der Waals surface area contributed by atoms with E-state index in [0.29, 0.717) is 5.69 Å². The molecule has 2 atom stereocenters. The van der Waals surface area contributed by atoms with Crippen molar-refractivity contribution in [3.8, 4) is 0 Å². The molecule has 0 saturated carbocycles. The van der Waals surface area contributed by atoms with Gasteiger partial charge in [-0.25, -0.2) is 14.8 Å². The molecule has 15 heavy (non-hydrogen) atoms. The maximum absolute atomic E-state index is 11.1. The topological polar surface area (TPSA) is 92.2 Å². The van der Waals surface area contributed by atoms with Crippen molar-refractivity contribution in [2.75, 3.05) is 0 Å². The smallest absolute Gasteiger partial charge is 0.326 e. The van der Waals surface area contributed by atoms with E-state index >= 15 is 0 Å². The maximum Gasteiger partial charge on any atom is 0.326 e. The average molecular weight is 207 g/mol. The number of aromatic nitrogens is 2. The Morgan fingerprint density at radius 1 is 1.60 bits per heavy atom. The second-order valence-corrected chi connectivity index (χ2v) is 3.33. The van der Waals surface area contributed by atoms with Crippen molar-refractivity contribution in [1.82, 2.24) is 15.3 Å². The summed E-state index contributed by atoms with van der Waals surface area (Å²) in [6.45, 7) is 0. The summed E-state index contributed by atoms with van der Waals surface area (Å²) in [7, 11) is 0. The zero-order valence-corrected chi connectivity index (χ0v) is 7.75. The van der Waals surface area contributed by atoms with Gasteiger partial charge in [0, 0.05) is 24.2 Å². The zero-order valence-electron chi connectivity index (χ0n) is 7.75. The van der Waals surface area contributed by atoms with Crippen LogP contribution in [0.15, 0.2) is 18.6 Å². The first-order valence-corrected chi connectivity index (χ1v) is 4.46. The highest BCUT2D eigenvalue weighted by Gasteiger charge is 2.39. The normalized spacial score (nSPS) is 24.9. The Bertz CT molecular complexity index is 393. The minimum absolute atomic E-state index is 0.161. The molecule has 0 radical (unpaired) electrons. The SMILES string of the molecule is O=C1CC(c2ccncn2)C(C(=O)O)N1. The van der Waals surface area contributed by atoms with Gasteiger partial charge in [0.15, 0.2) is 0 Å². The van der Waals surface area contributed by atoms with E-state index in [-0.39, 0.29) is 12.3 Å². The third kappa shape index (κ3) is 1.78. The molecule has 2 heterocycles. The first-order chi connectivity index (χ1) is 7.18. The van der Waals surface area contributed by atoms with Gasteiger partial charge in [-0.05, 0) is 6.07 Å². The van der Waals surface area contributed by atoms with Gasteiger partial charge in [0.05, 0.1) is 0 Å². The second-order valence-electron chi connectivity index (χ2n) is 3.33. The lowest BCUT2D eigenvalue weighted by molar-refractivity contribution is -0.140. The molecule has 0 aromatic carbocycles. The summed E-state index contributed by atoms with van der Waals surface area (Å²) in [5, 5.41) is 11.3. The second kappa shape index (κ2) is 3.64. The fraction of sp³-hybridized carbons (Fsp3) is 0.333. The van der Waals surface area contributed by atoms with Crippen LogP contribution in [0.3, 0.4) is 0 Å². The van der Waals surface area contributed by atoms with Gasteiger partial charge in [-0.1, -0.05) is 0 Å². The lowest BCUT2D eigenvalue weighted by Gasteiger charge is -2.12. The molecule has 1 aromatic rings. The number of amides is 1. The number of hydrogen-bond acceptors (Lipinski definition) is 4. The number of rotatable bonds is 2. The average Bonchev–Trinajstić information content (AvgIpc) is 2.62. The Hall–Kier alpha value is -1.98. The lowest BCUT2D eigenvalue weighted by Crippen LogP contribution is -2.36. The van der Waals surface area contributed by atoms with Gasteiger partial charge >= 0.3 is 5.97 Å². The van der Waals surface area contributed by atoms with Crippen LogP contribution in [0.5, 0.6) is 0 Å². The van der Waals surface area contributed by atoms with E-state index < -0.39 is 17.9 Å². The Kier molecular flexibility index (Phi) is 2.32. The van der Waals surface area contributed by atoms with Crippen molar-refractivity contribution in [3.63, 3.8) is 0 Å². The van der Waals surface area contributed by atoms with Crippen LogP contribution in [0.1, 0.15) is 18.0 Å². The van der Waals surface area contributed by atoms with E-state index in [0.717, 1.165) is 0 Å². The molecule has 6 heteroatoms. The first kappa shape index (κ1) is 9.57. The van der Waals surface area contributed by atoms with Gasteiger partial charge < -0.3 is 10.4 Å². The van der Waals surface area contributed by atoms with E-state index in [1.807, 2.05) is 0 Å². The van der Waals surface area contributed by atoms with Gasteiger partial charge in [0.25, 0.3) is 0 Å². The van der Waals surface area contributed by atoms with Crippen LogP contribution in [0.4, 0.5) is 0 Å². The molecule has 0 spiro atoms. The predicted octanol–water partition coefficient (Wildman–Crippen LogP) is -0.467. The molecule has 2 rings (SSSR count). The summed E-state index contributed by atoms with van der Waals surface area (Å²) in [6, 6.07) is 0.744. The number of nitrogens with zero attached hydrogens (tertiary/aromatic N) is 2. The monoisotopic (exact) mass is 207 g/mol. The summed E-state index contributed by atoms with van der Waals surface area (Å²) < 4.78 is 0. The van der Waals surface area contributed by atoms with Crippen LogP contribution >= 0.6 is 0 Å². The van der Waals surface area contributed by atoms with Crippen molar-refractivity contribution < 1.29 is 14.7 Å². The fourth-order valence-electron chi connectivity index (χ4n) is 1.68. The first-order valence-electron chi connectivity index (χ1n) is 4.46. The molecule has 78 valence electrons. The van der Waals surface area contributed by atoms with Gasteiger partial charge in [-0.3, -0.25) is 4.79 Å². The van der Waals surface area contributed by atoms with Gasteiger partial charge in [0.1, 0.15) is 12.4 Å². The number of nitrogens with one attached hydrogen (secondary N) is 1. The summed E-state index contributed by atoms with van der Waals surface area (Å²) >= 11 is 0. The van der Waals surface area contributed by atoms with E-state index in [2.05, 4.69) is 15.3 Å². The van der Waals surface area contributed by atoms with Gasteiger partial charge in [-0.15, -0.1) is 0 Å². The molecular formula is C9H9N3O3. The quantitative estimate of drug-likeness (QED) is 0.684. The number of aliphatic carboxylic acids is 1. The third-order valence-electron chi connectivity index (χ3n) is 2.37. The van der Waals surface area contributed by atoms with Crippen LogP contribution in [-0.4, -0.2) is 33.0 Å².